The Morgan fingerprint density at radius 1 is 1.03 bits per heavy atom. The first-order valence-electron chi connectivity index (χ1n) is 12.8. The van der Waals surface area contributed by atoms with Crippen LogP contribution in [0, 0.1) is 5.41 Å². The Morgan fingerprint density at radius 3 is 2.45 bits per heavy atom. The predicted octanol–water partition coefficient (Wildman–Crippen LogP) is 6.30. The van der Waals surface area contributed by atoms with Gasteiger partial charge in [-0.1, -0.05) is 64.4 Å². The summed E-state index contributed by atoms with van der Waals surface area (Å²) in [5.74, 6) is 0.157. The molecule has 1 saturated heterocycles. The predicted molar refractivity (Wildman–Crippen MR) is 152 cm³/mol. The quantitative estimate of drug-likeness (QED) is 0.345. The van der Waals surface area contributed by atoms with Gasteiger partial charge in [0.1, 0.15) is 17.7 Å². The van der Waals surface area contributed by atoms with Gasteiger partial charge in [-0.2, -0.15) is 0 Å². The van der Waals surface area contributed by atoms with Crippen LogP contribution in [0.1, 0.15) is 67.3 Å². The van der Waals surface area contributed by atoms with Crippen molar-refractivity contribution in [3.05, 3.63) is 82.5 Å². The minimum Gasteiger partial charge on any atom is -0.489 e. The molecule has 0 saturated carbocycles. The van der Waals surface area contributed by atoms with Gasteiger partial charge >= 0.3 is 0 Å². The second-order valence-electron chi connectivity index (χ2n) is 11.3. The summed E-state index contributed by atoms with van der Waals surface area (Å²) in [5.41, 5.74) is 1.98. The number of benzene rings is 2. The highest BCUT2D eigenvalue weighted by molar-refractivity contribution is 6.30. The molecule has 4 rings (SSSR count). The maximum atomic E-state index is 13.6. The number of pyridine rings is 1. The molecule has 38 heavy (non-hydrogen) atoms. The Kier molecular flexibility index (Phi) is 8.09. The van der Waals surface area contributed by atoms with Crippen LogP contribution in [0.15, 0.2) is 60.8 Å². The summed E-state index contributed by atoms with van der Waals surface area (Å²) < 4.78 is 6.56. The van der Waals surface area contributed by atoms with Gasteiger partial charge in [0.2, 0.25) is 0 Å². The lowest BCUT2D eigenvalue weighted by atomic mass is 9.82. The number of rotatable bonds is 6. The van der Waals surface area contributed by atoms with Gasteiger partial charge < -0.3 is 20.7 Å². The molecule has 2 aromatic carbocycles. The zero-order valence-corrected chi connectivity index (χ0v) is 23.3. The number of hydrogen-bond acceptors (Lipinski definition) is 5. The topological polar surface area (TPSA) is 92.4 Å². The smallest absolute Gasteiger partial charge is 0.259 e. The summed E-state index contributed by atoms with van der Waals surface area (Å²) in [5, 5.41) is 9.57. The molecule has 3 aromatic rings. The average molecular weight is 535 g/mol. The second kappa shape index (κ2) is 11.1. The Hall–Kier alpha value is -3.42. The molecule has 0 bridgehead atoms. The zero-order valence-electron chi connectivity index (χ0n) is 22.5. The monoisotopic (exact) mass is 534 g/mol. The number of nitrogens with one attached hydrogen (secondary N) is 3. The second-order valence-corrected chi connectivity index (χ2v) is 11.8. The first kappa shape index (κ1) is 27.6. The van der Waals surface area contributed by atoms with Crippen LogP contribution in [0.2, 0.25) is 5.02 Å². The fourth-order valence-electron chi connectivity index (χ4n) is 4.41. The van der Waals surface area contributed by atoms with Gasteiger partial charge in [0, 0.05) is 18.2 Å². The number of aromatic nitrogens is 1. The summed E-state index contributed by atoms with van der Waals surface area (Å²) in [6.45, 7) is 12.4. The van der Waals surface area contributed by atoms with Crippen LogP contribution < -0.4 is 20.7 Å². The van der Waals surface area contributed by atoms with E-state index in [-0.39, 0.29) is 22.8 Å². The van der Waals surface area contributed by atoms with Crippen LogP contribution in [-0.2, 0) is 5.41 Å². The van der Waals surface area contributed by atoms with Gasteiger partial charge in [-0.3, -0.25) is 9.59 Å². The van der Waals surface area contributed by atoms with Gasteiger partial charge in [-0.15, -0.1) is 0 Å². The van der Waals surface area contributed by atoms with E-state index in [0.717, 1.165) is 25.1 Å². The Morgan fingerprint density at radius 2 is 1.76 bits per heavy atom. The molecule has 2 amide bonds. The fourth-order valence-corrected chi connectivity index (χ4v) is 4.52. The van der Waals surface area contributed by atoms with Crippen LogP contribution in [0.25, 0.3) is 0 Å². The maximum absolute atomic E-state index is 13.6. The summed E-state index contributed by atoms with van der Waals surface area (Å²) in [6, 6.07) is 15.9. The number of hydrogen-bond donors (Lipinski definition) is 3. The summed E-state index contributed by atoms with van der Waals surface area (Å²) in [7, 11) is 0. The molecule has 0 aliphatic carbocycles. The first-order valence-corrected chi connectivity index (χ1v) is 13.2. The van der Waals surface area contributed by atoms with Crippen LogP contribution in [0.5, 0.6) is 5.75 Å². The third kappa shape index (κ3) is 6.52. The fraction of sp³-hybridized carbons (Fsp3) is 0.367. The number of carbonyl (C=O) groups is 2. The Bertz CT molecular complexity index is 1320. The molecular weight excluding hydrogens is 500 g/mol. The molecule has 7 nitrogen and oxygen atoms in total. The Labute approximate surface area is 229 Å². The van der Waals surface area contributed by atoms with Gasteiger partial charge in [-0.05, 0) is 60.3 Å². The third-order valence-electron chi connectivity index (χ3n) is 6.79. The minimum atomic E-state index is -0.397. The van der Waals surface area contributed by atoms with Crippen molar-refractivity contribution in [3.63, 3.8) is 0 Å². The van der Waals surface area contributed by atoms with Crippen molar-refractivity contribution in [1.29, 1.82) is 0 Å². The van der Waals surface area contributed by atoms with Crippen molar-refractivity contribution in [2.24, 2.45) is 5.41 Å². The van der Waals surface area contributed by atoms with Crippen molar-refractivity contribution in [1.82, 2.24) is 10.3 Å². The molecule has 200 valence electrons. The molecule has 1 aromatic heterocycles. The standard InChI is InChI=1S/C30H35ClN4O3/c1-29(2,3)19-10-12-22(24(16-19)38-25-14-15-32-18-30(25,4)5)28(37)34-23-9-7-6-8-21(23)27(36)35-26-13-11-20(31)17-33-26/h6-13,16-17,25,32H,14-15,18H2,1-5H3,(H,34,37)(H,33,35,36). The molecule has 1 aliphatic heterocycles. The molecule has 3 N–H and O–H groups in total. The van der Waals surface area contributed by atoms with Crippen molar-refractivity contribution in [2.45, 2.75) is 52.6 Å². The van der Waals surface area contributed by atoms with E-state index in [0.29, 0.717) is 33.4 Å². The van der Waals surface area contributed by atoms with E-state index in [4.69, 9.17) is 16.3 Å². The highest BCUT2D eigenvalue weighted by Gasteiger charge is 2.35. The number of piperidine rings is 1. The molecule has 0 spiro atoms. The third-order valence-corrected chi connectivity index (χ3v) is 7.01. The van der Waals surface area contributed by atoms with Gasteiger partial charge in [0.05, 0.1) is 21.8 Å². The number of amides is 2. The first-order chi connectivity index (χ1) is 17.9. The maximum Gasteiger partial charge on any atom is 0.259 e. The molecule has 1 aliphatic rings. The highest BCUT2D eigenvalue weighted by atomic mass is 35.5. The van der Waals surface area contributed by atoms with E-state index in [1.54, 1.807) is 42.5 Å². The van der Waals surface area contributed by atoms with Crippen LogP contribution in [-0.4, -0.2) is 36.0 Å². The van der Waals surface area contributed by atoms with E-state index in [1.807, 2.05) is 12.1 Å². The number of halogens is 1. The molecular formula is C30H35ClN4O3. The average Bonchev–Trinajstić information content (AvgIpc) is 2.86. The number of para-hydroxylation sites is 1. The van der Waals surface area contributed by atoms with Crippen LogP contribution >= 0.6 is 11.6 Å². The van der Waals surface area contributed by atoms with E-state index >= 15 is 0 Å². The van der Waals surface area contributed by atoms with Crippen molar-refractivity contribution >= 4 is 34.9 Å². The van der Waals surface area contributed by atoms with E-state index in [1.165, 1.54) is 6.20 Å². The van der Waals surface area contributed by atoms with E-state index in [9.17, 15) is 9.59 Å². The van der Waals surface area contributed by atoms with Gasteiger partial charge in [0.25, 0.3) is 11.8 Å². The number of nitrogens with zero attached hydrogens (tertiary/aromatic N) is 1. The lowest BCUT2D eigenvalue weighted by molar-refractivity contribution is 0.0441. The van der Waals surface area contributed by atoms with Crippen molar-refractivity contribution < 1.29 is 14.3 Å². The molecule has 2 heterocycles. The Balaban J connectivity index is 1.62. The largest absolute Gasteiger partial charge is 0.489 e. The van der Waals surface area contributed by atoms with Crippen LogP contribution in [0.3, 0.4) is 0 Å². The van der Waals surface area contributed by atoms with Crippen molar-refractivity contribution in [2.75, 3.05) is 23.7 Å². The zero-order chi connectivity index (χ0) is 27.5. The number of ether oxygens (including phenoxy) is 1. The van der Waals surface area contributed by atoms with Gasteiger partial charge in [-0.25, -0.2) is 4.98 Å². The number of carbonyl (C=O) groups excluding carboxylic acids is 2. The SMILES string of the molecule is CC(C)(C)c1ccc(C(=O)Nc2ccccc2C(=O)Nc2ccc(Cl)cn2)c(OC2CCNCC2(C)C)c1. The normalized spacial score (nSPS) is 16.9. The minimum absolute atomic E-state index is 0.0459. The van der Waals surface area contributed by atoms with Gasteiger partial charge in [0.15, 0.2) is 0 Å². The number of anilines is 2. The molecule has 1 fully saturated rings. The highest BCUT2D eigenvalue weighted by Crippen LogP contribution is 2.34. The molecule has 0 radical (unpaired) electrons. The molecule has 8 heteroatoms. The summed E-state index contributed by atoms with van der Waals surface area (Å²) >= 11 is 5.89. The summed E-state index contributed by atoms with van der Waals surface area (Å²) in [4.78, 5) is 30.8. The molecule has 1 atom stereocenters. The summed E-state index contributed by atoms with van der Waals surface area (Å²) in [6.07, 6.45) is 2.25. The lowest BCUT2D eigenvalue weighted by Gasteiger charge is -2.39. The van der Waals surface area contributed by atoms with E-state index in [2.05, 4.69) is 55.6 Å². The van der Waals surface area contributed by atoms with Crippen LogP contribution in [0.4, 0.5) is 11.5 Å². The molecule has 1 unspecified atom stereocenters. The van der Waals surface area contributed by atoms with Crippen molar-refractivity contribution in [3.8, 4) is 5.75 Å². The lowest BCUT2D eigenvalue weighted by Crippen LogP contribution is -2.49. The van der Waals surface area contributed by atoms with E-state index < -0.39 is 5.91 Å².